The fourth-order valence-corrected chi connectivity index (χ4v) is 4.60. The second-order valence-corrected chi connectivity index (χ2v) is 6.95. The normalized spacial score (nSPS) is 33.2. The summed E-state index contributed by atoms with van der Waals surface area (Å²) < 4.78 is 5.42. The number of methoxy groups -OCH3 is 1. The van der Waals surface area contributed by atoms with Gasteiger partial charge < -0.3 is 14.9 Å². The molecule has 1 aromatic rings. The van der Waals surface area contributed by atoms with Gasteiger partial charge in [-0.05, 0) is 49.9 Å². The molecule has 22 heavy (non-hydrogen) atoms. The number of nitrogens with zero attached hydrogens (tertiary/aromatic N) is 1. The molecule has 0 aromatic heterocycles. The number of ether oxygens (including phenoxy) is 1. The van der Waals surface area contributed by atoms with E-state index < -0.39 is 0 Å². The number of phenolic OH excluding ortho intramolecular Hbond substituents is 1. The highest BCUT2D eigenvalue weighted by Crippen LogP contribution is 2.59. The minimum Gasteiger partial charge on any atom is -0.504 e. The molecule has 4 heteroatoms. The van der Waals surface area contributed by atoms with Gasteiger partial charge in [0.1, 0.15) is 0 Å². The second kappa shape index (κ2) is 4.74. The Morgan fingerprint density at radius 3 is 2.91 bits per heavy atom. The van der Waals surface area contributed by atoms with E-state index in [1.54, 1.807) is 7.11 Å². The zero-order valence-corrected chi connectivity index (χ0v) is 13.2. The number of phenols is 1. The minimum atomic E-state index is -0.358. The van der Waals surface area contributed by atoms with Crippen molar-refractivity contribution in [1.29, 1.82) is 0 Å². The predicted octanol–water partition coefficient (Wildman–Crippen LogP) is 2.28. The summed E-state index contributed by atoms with van der Waals surface area (Å²) in [6, 6.07) is 2.37. The minimum absolute atomic E-state index is 0.162. The van der Waals surface area contributed by atoms with Gasteiger partial charge in [0.05, 0.1) is 13.2 Å². The molecule has 0 saturated heterocycles. The van der Waals surface area contributed by atoms with Crippen molar-refractivity contribution in [2.75, 3.05) is 20.7 Å². The summed E-state index contributed by atoms with van der Waals surface area (Å²) in [6.45, 7) is 1.04. The number of hydrogen-bond donors (Lipinski definition) is 2. The molecule has 1 aliphatic heterocycles. The summed E-state index contributed by atoms with van der Waals surface area (Å²) in [6.07, 6.45) is 7.27. The topological polar surface area (TPSA) is 52.9 Å². The van der Waals surface area contributed by atoms with Crippen molar-refractivity contribution in [2.45, 2.75) is 43.2 Å². The van der Waals surface area contributed by atoms with Crippen LogP contribution >= 0.6 is 0 Å². The molecule has 4 nitrogen and oxygen atoms in total. The zero-order chi connectivity index (χ0) is 15.5. The fourth-order valence-electron chi connectivity index (χ4n) is 4.60. The average molecular weight is 301 g/mol. The third-order valence-corrected chi connectivity index (χ3v) is 5.79. The lowest BCUT2D eigenvalue weighted by atomic mass is 9.73. The maximum atomic E-state index is 10.8. The van der Waals surface area contributed by atoms with Gasteiger partial charge in [-0.2, -0.15) is 0 Å². The van der Waals surface area contributed by atoms with Crippen LogP contribution in [0, 0.1) is 0 Å². The maximum Gasteiger partial charge on any atom is 0.162 e. The summed E-state index contributed by atoms with van der Waals surface area (Å²) in [5.41, 5.74) is 3.49. The molecular formula is C18H23NO3. The lowest BCUT2D eigenvalue weighted by Gasteiger charge is -2.33. The van der Waals surface area contributed by atoms with Crippen LogP contribution in [0.5, 0.6) is 11.5 Å². The molecule has 3 aliphatic rings. The molecule has 0 saturated carbocycles. The number of aliphatic hydroxyl groups is 1. The molecule has 0 bridgehead atoms. The number of likely N-dealkylation sites (N-methyl/N-ethyl adjacent to an activating group) is 1. The van der Waals surface area contributed by atoms with Crippen molar-refractivity contribution < 1.29 is 14.9 Å². The first-order chi connectivity index (χ1) is 10.6. The van der Waals surface area contributed by atoms with E-state index in [1.807, 2.05) is 12.1 Å². The van der Waals surface area contributed by atoms with E-state index in [9.17, 15) is 10.2 Å². The van der Waals surface area contributed by atoms with Crippen molar-refractivity contribution in [3.8, 4) is 11.5 Å². The molecule has 0 fully saturated rings. The molecular weight excluding hydrogens is 278 g/mol. The first-order valence-electron chi connectivity index (χ1n) is 8.06. The predicted molar refractivity (Wildman–Crippen MR) is 84.4 cm³/mol. The Balaban J connectivity index is 1.96. The van der Waals surface area contributed by atoms with Crippen molar-refractivity contribution in [1.82, 2.24) is 4.90 Å². The van der Waals surface area contributed by atoms with Crippen molar-refractivity contribution in [3.05, 3.63) is 34.9 Å². The Kier molecular flexibility index (Phi) is 3.03. The first kappa shape index (κ1) is 14.1. The highest BCUT2D eigenvalue weighted by Gasteiger charge is 2.49. The summed E-state index contributed by atoms with van der Waals surface area (Å²) in [5.74, 6) is 0.873. The van der Waals surface area contributed by atoms with Crippen molar-refractivity contribution >= 4 is 0 Å². The van der Waals surface area contributed by atoms with Crippen LogP contribution in [-0.2, 0) is 11.8 Å². The van der Waals surface area contributed by atoms with Gasteiger partial charge >= 0.3 is 0 Å². The molecule has 3 atom stereocenters. The molecule has 1 heterocycles. The van der Waals surface area contributed by atoms with E-state index in [2.05, 4.69) is 18.0 Å². The molecule has 118 valence electrons. The molecule has 1 spiro atoms. The Morgan fingerprint density at radius 2 is 2.23 bits per heavy atom. The van der Waals surface area contributed by atoms with Crippen LogP contribution in [0.15, 0.2) is 18.2 Å². The zero-order valence-electron chi connectivity index (χ0n) is 13.2. The van der Waals surface area contributed by atoms with E-state index in [1.165, 1.54) is 11.1 Å². The van der Waals surface area contributed by atoms with Crippen LogP contribution in [0.4, 0.5) is 0 Å². The number of aliphatic hydroxyl groups excluding tert-OH is 1. The number of rotatable bonds is 1. The van der Waals surface area contributed by atoms with Crippen LogP contribution in [0.3, 0.4) is 0 Å². The van der Waals surface area contributed by atoms with Crippen LogP contribution < -0.4 is 4.74 Å². The molecule has 0 amide bonds. The van der Waals surface area contributed by atoms with Crippen LogP contribution in [-0.4, -0.2) is 41.9 Å². The fraction of sp³-hybridized carbons (Fsp3) is 0.556. The number of aromatic hydroxyl groups is 1. The van der Waals surface area contributed by atoms with E-state index in [0.717, 1.165) is 37.8 Å². The molecule has 4 rings (SSSR count). The third-order valence-electron chi connectivity index (χ3n) is 5.79. The molecule has 2 aliphatic carbocycles. The van der Waals surface area contributed by atoms with Gasteiger partial charge in [-0.25, -0.2) is 0 Å². The van der Waals surface area contributed by atoms with Crippen molar-refractivity contribution in [2.24, 2.45) is 0 Å². The van der Waals surface area contributed by atoms with Crippen LogP contribution in [0.25, 0.3) is 0 Å². The Bertz CT molecular complexity index is 654. The summed E-state index contributed by atoms with van der Waals surface area (Å²) in [4.78, 5) is 2.39. The van der Waals surface area contributed by atoms with Gasteiger partial charge in [-0.3, -0.25) is 4.90 Å². The van der Waals surface area contributed by atoms with Gasteiger partial charge in [0.2, 0.25) is 0 Å². The SMILES string of the molecule is COc1cc2c3c(c1O)[C@@]1(C=C[C@H](O)CC1)C[C@@H]3N(C)CC2. The third kappa shape index (κ3) is 1.77. The van der Waals surface area contributed by atoms with Gasteiger partial charge in [0, 0.05) is 23.6 Å². The van der Waals surface area contributed by atoms with E-state index in [4.69, 9.17) is 4.74 Å². The second-order valence-electron chi connectivity index (χ2n) is 6.95. The number of benzene rings is 1. The smallest absolute Gasteiger partial charge is 0.162 e. The quantitative estimate of drug-likeness (QED) is 0.782. The summed E-state index contributed by atoms with van der Waals surface area (Å²) in [5, 5.41) is 20.6. The molecule has 0 radical (unpaired) electrons. The Hall–Kier alpha value is -1.52. The van der Waals surface area contributed by atoms with Gasteiger partial charge in [-0.1, -0.05) is 12.2 Å². The average Bonchev–Trinajstić information content (AvgIpc) is 2.86. The largest absolute Gasteiger partial charge is 0.504 e. The van der Waals surface area contributed by atoms with Gasteiger partial charge in [0.15, 0.2) is 11.5 Å². The highest BCUT2D eigenvalue weighted by atomic mass is 16.5. The standard InChI is InChI=1S/C18H23NO3/c1-19-8-5-11-9-14(22-2)17(21)16-15(11)13(19)10-18(16)6-3-12(20)4-7-18/h3,6,9,12-13,20-21H,4-5,7-8,10H2,1-2H3/t12-,13-,18+/m0/s1. The molecule has 0 unspecified atom stereocenters. The lowest BCUT2D eigenvalue weighted by molar-refractivity contribution is 0.172. The summed E-state index contributed by atoms with van der Waals surface area (Å²) >= 11 is 0. The van der Waals surface area contributed by atoms with E-state index in [0.29, 0.717) is 17.5 Å². The molecule has 1 aromatic carbocycles. The summed E-state index contributed by atoms with van der Waals surface area (Å²) in [7, 11) is 3.78. The first-order valence-corrected chi connectivity index (χ1v) is 8.06. The van der Waals surface area contributed by atoms with E-state index in [-0.39, 0.29) is 11.5 Å². The Morgan fingerprint density at radius 1 is 1.41 bits per heavy atom. The number of allylic oxidation sites excluding steroid dienone is 1. The van der Waals surface area contributed by atoms with Crippen LogP contribution in [0.2, 0.25) is 0 Å². The number of fused-ring (bicyclic) bond motifs is 1. The Labute approximate surface area is 131 Å². The monoisotopic (exact) mass is 301 g/mol. The van der Waals surface area contributed by atoms with Crippen LogP contribution in [0.1, 0.15) is 42.0 Å². The lowest BCUT2D eigenvalue weighted by Crippen LogP contribution is -2.32. The number of hydrogen-bond acceptors (Lipinski definition) is 4. The molecule has 2 N–H and O–H groups in total. The highest BCUT2D eigenvalue weighted by molar-refractivity contribution is 5.63. The van der Waals surface area contributed by atoms with Gasteiger partial charge in [-0.15, -0.1) is 0 Å². The van der Waals surface area contributed by atoms with E-state index >= 15 is 0 Å². The maximum absolute atomic E-state index is 10.8. The van der Waals surface area contributed by atoms with Crippen molar-refractivity contribution in [3.63, 3.8) is 0 Å². The van der Waals surface area contributed by atoms with Gasteiger partial charge in [0.25, 0.3) is 0 Å².